The number of unbranched alkanes of at least 4 members (excludes halogenated alkanes) is 1. The molecule has 5 rings (SSSR count). The number of nitrogens with zero attached hydrogens (tertiary/aromatic N) is 3. The smallest absolute Gasteiger partial charge is 0.342 e. The molecule has 3 aromatic carbocycles. The lowest BCUT2D eigenvalue weighted by Crippen LogP contribution is -2.46. The summed E-state index contributed by atoms with van der Waals surface area (Å²) in [5.74, 6) is -0.697. The molecule has 0 aliphatic carbocycles. The van der Waals surface area contributed by atoms with E-state index in [1.807, 2.05) is 24.3 Å². The summed E-state index contributed by atoms with van der Waals surface area (Å²) in [6.07, 6.45) is 3.58. The van der Waals surface area contributed by atoms with E-state index >= 15 is 0 Å². The van der Waals surface area contributed by atoms with Crippen LogP contribution in [0.15, 0.2) is 66.7 Å². The van der Waals surface area contributed by atoms with E-state index in [0.717, 1.165) is 38.2 Å². The quantitative estimate of drug-likeness (QED) is 0.215. The Hall–Kier alpha value is -4.43. The average molecular weight is 580 g/mol. The van der Waals surface area contributed by atoms with Gasteiger partial charge in [0.05, 0.1) is 23.5 Å². The minimum atomic E-state index is -0.503. The first-order valence-corrected chi connectivity index (χ1v) is 15.2. The van der Waals surface area contributed by atoms with E-state index in [9.17, 15) is 9.59 Å². The fourth-order valence-corrected chi connectivity index (χ4v) is 5.69. The third-order valence-corrected chi connectivity index (χ3v) is 8.09. The molecule has 1 aliphatic heterocycles. The van der Waals surface area contributed by atoms with Gasteiger partial charge in [0.2, 0.25) is 0 Å². The number of piperazine rings is 1. The summed E-state index contributed by atoms with van der Waals surface area (Å²) in [7, 11) is 0. The van der Waals surface area contributed by atoms with E-state index in [1.165, 1.54) is 24.1 Å². The molecule has 1 fully saturated rings. The van der Waals surface area contributed by atoms with Gasteiger partial charge in [-0.2, -0.15) is 0 Å². The van der Waals surface area contributed by atoms with Crippen LogP contribution in [0.5, 0.6) is 0 Å². The number of carbonyl (C=O) groups excluding carboxylic acids is 2. The molecule has 1 aliphatic rings. The maximum Gasteiger partial charge on any atom is 0.342 e. The van der Waals surface area contributed by atoms with Gasteiger partial charge in [0, 0.05) is 55.0 Å². The van der Waals surface area contributed by atoms with Crippen molar-refractivity contribution in [2.75, 3.05) is 48.7 Å². The van der Waals surface area contributed by atoms with Gasteiger partial charge in [0.25, 0.3) is 5.91 Å². The zero-order valence-electron chi connectivity index (χ0n) is 25.4. The Kier molecular flexibility index (Phi) is 9.57. The third-order valence-electron chi connectivity index (χ3n) is 8.09. The summed E-state index contributed by atoms with van der Waals surface area (Å²) < 4.78 is 5.18. The van der Waals surface area contributed by atoms with Crippen LogP contribution in [-0.4, -0.2) is 54.5 Å². The number of fused-ring (bicyclic) bond motifs is 1. The number of esters is 1. The number of rotatable bonds is 10. The Morgan fingerprint density at radius 2 is 1.72 bits per heavy atom. The predicted molar refractivity (Wildman–Crippen MR) is 174 cm³/mol. The second kappa shape index (κ2) is 13.7. The van der Waals surface area contributed by atoms with Crippen LogP contribution in [0.25, 0.3) is 10.9 Å². The number of nitrogens with one attached hydrogen (secondary N) is 1. The molecule has 8 nitrogen and oxygen atoms in total. The molecule has 0 radical (unpaired) electrons. The van der Waals surface area contributed by atoms with E-state index in [2.05, 4.69) is 51.3 Å². The highest BCUT2D eigenvalue weighted by Gasteiger charge is 2.21. The molecule has 0 atom stereocenters. The number of amides is 1. The van der Waals surface area contributed by atoms with E-state index in [0.29, 0.717) is 40.1 Å². The summed E-state index contributed by atoms with van der Waals surface area (Å²) in [6.45, 7) is 10.4. The number of hydrogen-bond acceptors (Lipinski definition) is 7. The molecule has 0 unspecified atom stereocenters. The van der Waals surface area contributed by atoms with Crippen molar-refractivity contribution < 1.29 is 14.3 Å². The highest BCUT2D eigenvalue weighted by Crippen LogP contribution is 2.29. The van der Waals surface area contributed by atoms with Crippen LogP contribution >= 0.6 is 0 Å². The summed E-state index contributed by atoms with van der Waals surface area (Å²) >= 11 is 0. The van der Waals surface area contributed by atoms with Crippen LogP contribution in [0.2, 0.25) is 0 Å². The molecule has 3 N–H and O–H groups in total. The topological polar surface area (TPSA) is 101 Å². The van der Waals surface area contributed by atoms with Crippen molar-refractivity contribution in [2.24, 2.45) is 0 Å². The number of carbonyl (C=O) groups is 2. The molecular weight excluding hydrogens is 538 g/mol. The fraction of sp³-hybridized carbons (Fsp3) is 0.343. The first-order chi connectivity index (χ1) is 20.9. The van der Waals surface area contributed by atoms with Crippen molar-refractivity contribution >= 4 is 39.8 Å². The lowest BCUT2D eigenvalue weighted by Gasteiger charge is -2.36. The van der Waals surface area contributed by atoms with Crippen molar-refractivity contribution in [3.8, 4) is 0 Å². The molecular formula is C35H41N5O3. The van der Waals surface area contributed by atoms with Gasteiger partial charge < -0.3 is 20.7 Å². The van der Waals surface area contributed by atoms with Crippen LogP contribution in [0.3, 0.4) is 0 Å². The molecule has 43 heavy (non-hydrogen) atoms. The molecule has 0 bridgehead atoms. The normalized spacial score (nSPS) is 13.7. The SMILES string of the molecule is CCCCc1ccc(N2CCN(Cc3ccccc3C(=O)Nc3ccc4nc(C)c(C(=O)OCC)c(N)c4c3)CC2)cc1. The lowest BCUT2D eigenvalue weighted by molar-refractivity contribution is 0.0526. The standard InChI is InChI=1S/C35H41N5O3/c1-4-6-9-25-12-15-28(16-13-25)40-20-18-39(19-21-40)23-26-10-7-8-11-29(26)34(41)38-27-14-17-31-30(22-27)33(36)32(24(3)37-31)35(42)43-5-2/h7-8,10-17,22H,4-6,9,18-21,23H2,1-3H3,(H2,36,37)(H,38,41). The van der Waals surface area contributed by atoms with Gasteiger partial charge >= 0.3 is 5.97 Å². The van der Waals surface area contributed by atoms with Gasteiger partial charge in [-0.3, -0.25) is 14.7 Å². The van der Waals surface area contributed by atoms with Crippen molar-refractivity contribution in [3.63, 3.8) is 0 Å². The average Bonchev–Trinajstić information content (AvgIpc) is 3.01. The van der Waals surface area contributed by atoms with Gasteiger partial charge in [0.1, 0.15) is 5.56 Å². The number of anilines is 3. The number of nitrogen functional groups attached to an aromatic ring is 1. The van der Waals surface area contributed by atoms with Gasteiger partial charge in [-0.25, -0.2) is 4.79 Å². The largest absolute Gasteiger partial charge is 0.462 e. The second-order valence-corrected chi connectivity index (χ2v) is 11.1. The fourth-order valence-electron chi connectivity index (χ4n) is 5.69. The third kappa shape index (κ3) is 6.97. The van der Waals surface area contributed by atoms with Gasteiger partial charge in [-0.15, -0.1) is 0 Å². The molecule has 1 saturated heterocycles. The molecule has 0 saturated carbocycles. The van der Waals surface area contributed by atoms with E-state index in [4.69, 9.17) is 10.5 Å². The van der Waals surface area contributed by atoms with Gasteiger partial charge in [-0.05, 0) is 74.2 Å². The number of aromatic nitrogens is 1. The first-order valence-electron chi connectivity index (χ1n) is 15.2. The maximum atomic E-state index is 13.5. The number of ether oxygens (including phenoxy) is 1. The van der Waals surface area contributed by atoms with Crippen molar-refractivity contribution in [3.05, 3.63) is 94.7 Å². The summed E-state index contributed by atoms with van der Waals surface area (Å²) in [4.78, 5) is 35.4. The monoisotopic (exact) mass is 579 g/mol. The number of pyridine rings is 1. The van der Waals surface area contributed by atoms with E-state index in [-0.39, 0.29) is 18.1 Å². The number of hydrogen-bond donors (Lipinski definition) is 2. The molecule has 1 amide bonds. The van der Waals surface area contributed by atoms with Crippen LogP contribution in [-0.2, 0) is 17.7 Å². The van der Waals surface area contributed by atoms with Crippen LogP contribution in [0, 0.1) is 6.92 Å². The summed E-state index contributed by atoms with van der Waals surface area (Å²) in [5, 5.41) is 3.62. The van der Waals surface area contributed by atoms with Crippen LogP contribution in [0.1, 0.15) is 64.2 Å². The van der Waals surface area contributed by atoms with Crippen molar-refractivity contribution in [2.45, 2.75) is 46.6 Å². The zero-order chi connectivity index (χ0) is 30.3. The highest BCUT2D eigenvalue weighted by molar-refractivity contribution is 6.09. The molecule has 8 heteroatoms. The van der Waals surface area contributed by atoms with Crippen molar-refractivity contribution in [1.82, 2.24) is 9.88 Å². The highest BCUT2D eigenvalue weighted by atomic mass is 16.5. The van der Waals surface area contributed by atoms with Gasteiger partial charge in [-0.1, -0.05) is 43.7 Å². The number of benzene rings is 3. The Morgan fingerprint density at radius 3 is 2.44 bits per heavy atom. The Bertz CT molecular complexity index is 1590. The number of aryl methyl sites for hydroxylation is 2. The van der Waals surface area contributed by atoms with E-state index < -0.39 is 5.97 Å². The lowest BCUT2D eigenvalue weighted by atomic mass is 10.0. The molecule has 0 spiro atoms. The number of nitrogens with two attached hydrogens (primary N) is 1. The maximum absolute atomic E-state index is 13.5. The molecule has 1 aromatic heterocycles. The van der Waals surface area contributed by atoms with Crippen LogP contribution < -0.4 is 16.0 Å². The van der Waals surface area contributed by atoms with Gasteiger partial charge in [0.15, 0.2) is 0 Å². The molecule has 4 aromatic rings. The van der Waals surface area contributed by atoms with E-state index in [1.54, 1.807) is 32.0 Å². The molecule has 2 heterocycles. The Labute approximate surface area is 253 Å². The summed E-state index contributed by atoms with van der Waals surface area (Å²) in [5.41, 5.74) is 13.0. The minimum absolute atomic E-state index is 0.194. The predicted octanol–water partition coefficient (Wildman–Crippen LogP) is 6.22. The minimum Gasteiger partial charge on any atom is -0.462 e. The zero-order valence-corrected chi connectivity index (χ0v) is 25.4. The Balaban J connectivity index is 1.25. The first kappa shape index (κ1) is 30.0. The van der Waals surface area contributed by atoms with Crippen LogP contribution in [0.4, 0.5) is 17.1 Å². The van der Waals surface area contributed by atoms with Crippen molar-refractivity contribution in [1.29, 1.82) is 0 Å². The second-order valence-electron chi connectivity index (χ2n) is 11.1. The summed E-state index contributed by atoms with van der Waals surface area (Å²) in [6, 6.07) is 22.1. The Morgan fingerprint density at radius 1 is 0.977 bits per heavy atom. The molecule has 224 valence electrons.